The lowest BCUT2D eigenvalue weighted by Gasteiger charge is -2.22. The summed E-state index contributed by atoms with van der Waals surface area (Å²) in [5.41, 5.74) is 1.12. The van der Waals surface area contributed by atoms with Crippen LogP contribution in [-0.4, -0.2) is 24.9 Å². The zero-order chi connectivity index (χ0) is 17.0. The molecule has 0 saturated carbocycles. The molecule has 1 heterocycles. The maximum atomic E-state index is 12.5. The summed E-state index contributed by atoms with van der Waals surface area (Å²) in [5, 5.41) is 4.86. The second-order valence-electron chi connectivity index (χ2n) is 5.86. The number of nitrogens with one attached hydrogen (secondary N) is 1. The Balaban J connectivity index is 2.26. The number of anilines is 1. The number of rotatable bonds is 5. The Morgan fingerprint density at radius 1 is 1.09 bits per heavy atom. The molecule has 122 valence electrons. The fourth-order valence-corrected chi connectivity index (χ4v) is 2.78. The van der Waals surface area contributed by atoms with Gasteiger partial charge in [0.05, 0.1) is 16.1 Å². The Bertz CT molecular complexity index is 680. The largest absolute Gasteiger partial charge is 0.349 e. The summed E-state index contributed by atoms with van der Waals surface area (Å²) in [6.45, 7) is 6.10. The Kier molecular flexibility index (Phi) is 5.55. The monoisotopic (exact) mass is 330 g/mol. The fourth-order valence-electron chi connectivity index (χ4n) is 2.08. The van der Waals surface area contributed by atoms with E-state index in [0.29, 0.717) is 22.0 Å². The molecule has 5 heteroatoms. The molecule has 0 aliphatic heterocycles. The van der Waals surface area contributed by atoms with Crippen LogP contribution in [0.3, 0.4) is 0 Å². The van der Waals surface area contributed by atoms with E-state index in [2.05, 4.69) is 19.2 Å². The maximum absolute atomic E-state index is 12.5. The van der Waals surface area contributed by atoms with Crippen LogP contribution in [-0.2, 0) is 0 Å². The van der Waals surface area contributed by atoms with Gasteiger partial charge in [-0.3, -0.25) is 9.59 Å². The standard InChI is InChI=1S/C18H22N2O2S/c1-12(2)13(3)19-17(21)14-8-5-6-9-15(14)20(4)18(22)16-10-7-11-23-16/h5-13H,1-4H3,(H,19,21). The van der Waals surface area contributed by atoms with Gasteiger partial charge < -0.3 is 10.2 Å². The van der Waals surface area contributed by atoms with Crippen molar-refractivity contribution in [2.75, 3.05) is 11.9 Å². The highest BCUT2D eigenvalue weighted by Gasteiger charge is 2.21. The van der Waals surface area contributed by atoms with E-state index < -0.39 is 0 Å². The molecule has 0 saturated heterocycles. The van der Waals surface area contributed by atoms with Crippen LogP contribution < -0.4 is 10.2 Å². The van der Waals surface area contributed by atoms with Crippen LogP contribution in [0.4, 0.5) is 5.69 Å². The Labute approximate surface area is 141 Å². The van der Waals surface area contributed by atoms with E-state index in [-0.39, 0.29) is 17.9 Å². The molecule has 2 amide bonds. The van der Waals surface area contributed by atoms with Gasteiger partial charge in [0.1, 0.15) is 0 Å². The molecule has 0 aliphatic rings. The number of carbonyl (C=O) groups excluding carboxylic acids is 2. The van der Waals surface area contributed by atoms with Crippen LogP contribution in [0.5, 0.6) is 0 Å². The molecular formula is C18H22N2O2S. The van der Waals surface area contributed by atoms with Crippen molar-refractivity contribution in [1.29, 1.82) is 0 Å². The molecule has 0 fully saturated rings. The molecule has 1 N–H and O–H groups in total. The lowest BCUT2D eigenvalue weighted by atomic mass is 10.1. The van der Waals surface area contributed by atoms with E-state index in [1.807, 2.05) is 30.5 Å². The first-order valence-corrected chi connectivity index (χ1v) is 8.51. The van der Waals surface area contributed by atoms with Crippen molar-refractivity contribution in [2.45, 2.75) is 26.8 Å². The van der Waals surface area contributed by atoms with Gasteiger partial charge in [-0.2, -0.15) is 0 Å². The van der Waals surface area contributed by atoms with E-state index in [0.717, 1.165) is 0 Å². The first-order chi connectivity index (χ1) is 10.9. The number of benzene rings is 1. The van der Waals surface area contributed by atoms with Gasteiger partial charge in [-0.05, 0) is 36.4 Å². The molecule has 2 aromatic rings. The molecule has 0 radical (unpaired) electrons. The molecule has 1 atom stereocenters. The molecule has 1 aromatic carbocycles. The van der Waals surface area contributed by atoms with Crippen molar-refractivity contribution in [2.24, 2.45) is 5.92 Å². The van der Waals surface area contributed by atoms with Crippen molar-refractivity contribution in [3.8, 4) is 0 Å². The average Bonchev–Trinajstić information content (AvgIpc) is 3.07. The first-order valence-electron chi connectivity index (χ1n) is 7.63. The summed E-state index contributed by atoms with van der Waals surface area (Å²) in [4.78, 5) is 27.2. The van der Waals surface area contributed by atoms with E-state index >= 15 is 0 Å². The van der Waals surface area contributed by atoms with Crippen LogP contribution in [0, 0.1) is 5.92 Å². The summed E-state index contributed by atoms with van der Waals surface area (Å²) >= 11 is 1.39. The summed E-state index contributed by atoms with van der Waals surface area (Å²) in [5.74, 6) is 0.0707. The summed E-state index contributed by atoms with van der Waals surface area (Å²) in [6.07, 6.45) is 0. The third-order valence-corrected chi connectivity index (χ3v) is 4.76. The number of nitrogens with zero attached hydrogens (tertiary/aromatic N) is 1. The zero-order valence-corrected chi connectivity index (χ0v) is 14.7. The molecule has 0 aliphatic carbocycles. The number of para-hydroxylation sites is 1. The number of carbonyl (C=O) groups is 2. The van der Waals surface area contributed by atoms with Crippen LogP contribution in [0.2, 0.25) is 0 Å². The van der Waals surface area contributed by atoms with Crippen LogP contribution in [0.1, 0.15) is 40.8 Å². The van der Waals surface area contributed by atoms with Crippen LogP contribution in [0.25, 0.3) is 0 Å². The van der Waals surface area contributed by atoms with Crippen LogP contribution in [0.15, 0.2) is 41.8 Å². The van der Waals surface area contributed by atoms with Gasteiger partial charge in [0.15, 0.2) is 0 Å². The van der Waals surface area contributed by atoms with Gasteiger partial charge in [0, 0.05) is 13.1 Å². The van der Waals surface area contributed by atoms with E-state index in [1.54, 1.807) is 25.2 Å². The average molecular weight is 330 g/mol. The number of hydrogen-bond acceptors (Lipinski definition) is 3. The van der Waals surface area contributed by atoms with Gasteiger partial charge in [0.2, 0.25) is 0 Å². The molecule has 23 heavy (non-hydrogen) atoms. The van der Waals surface area contributed by atoms with Crippen molar-refractivity contribution < 1.29 is 9.59 Å². The van der Waals surface area contributed by atoms with Crippen LogP contribution >= 0.6 is 11.3 Å². The normalized spacial score (nSPS) is 12.0. The molecule has 2 rings (SSSR count). The SMILES string of the molecule is CC(C)C(C)NC(=O)c1ccccc1N(C)C(=O)c1cccs1. The minimum Gasteiger partial charge on any atom is -0.349 e. The van der Waals surface area contributed by atoms with Crippen molar-refractivity contribution in [3.05, 3.63) is 52.2 Å². The molecule has 1 aromatic heterocycles. The zero-order valence-electron chi connectivity index (χ0n) is 13.9. The number of thiophene rings is 1. The lowest BCUT2D eigenvalue weighted by molar-refractivity contribution is 0.0931. The Morgan fingerprint density at radius 3 is 2.39 bits per heavy atom. The van der Waals surface area contributed by atoms with Gasteiger partial charge in [-0.15, -0.1) is 11.3 Å². The molecule has 4 nitrogen and oxygen atoms in total. The second kappa shape index (κ2) is 7.42. The highest BCUT2D eigenvalue weighted by Crippen LogP contribution is 2.23. The molecule has 1 unspecified atom stereocenters. The third-order valence-electron chi connectivity index (χ3n) is 3.91. The summed E-state index contributed by atoms with van der Waals surface area (Å²) in [7, 11) is 1.69. The predicted octanol–water partition coefficient (Wildman–Crippen LogP) is 3.80. The smallest absolute Gasteiger partial charge is 0.268 e. The van der Waals surface area contributed by atoms with Crippen molar-refractivity contribution in [3.63, 3.8) is 0 Å². The first kappa shape index (κ1) is 17.2. The predicted molar refractivity (Wildman–Crippen MR) is 95.3 cm³/mol. The molecular weight excluding hydrogens is 308 g/mol. The highest BCUT2D eigenvalue weighted by atomic mass is 32.1. The van der Waals surface area contributed by atoms with Gasteiger partial charge in [-0.25, -0.2) is 0 Å². The summed E-state index contributed by atoms with van der Waals surface area (Å²) in [6, 6.07) is 10.9. The Hall–Kier alpha value is -2.14. The van der Waals surface area contributed by atoms with E-state index in [1.165, 1.54) is 16.2 Å². The van der Waals surface area contributed by atoms with Gasteiger partial charge in [-0.1, -0.05) is 32.0 Å². The topological polar surface area (TPSA) is 49.4 Å². The van der Waals surface area contributed by atoms with Crippen molar-refractivity contribution in [1.82, 2.24) is 5.32 Å². The highest BCUT2D eigenvalue weighted by molar-refractivity contribution is 7.12. The number of amides is 2. The molecule has 0 bridgehead atoms. The number of hydrogen-bond donors (Lipinski definition) is 1. The molecule has 0 spiro atoms. The van der Waals surface area contributed by atoms with Crippen molar-refractivity contribution >= 4 is 28.8 Å². The van der Waals surface area contributed by atoms with E-state index in [9.17, 15) is 9.59 Å². The van der Waals surface area contributed by atoms with Gasteiger partial charge >= 0.3 is 0 Å². The maximum Gasteiger partial charge on any atom is 0.268 e. The minimum absolute atomic E-state index is 0.0638. The fraction of sp³-hybridized carbons (Fsp3) is 0.333. The van der Waals surface area contributed by atoms with E-state index in [4.69, 9.17) is 0 Å². The summed E-state index contributed by atoms with van der Waals surface area (Å²) < 4.78 is 0. The van der Waals surface area contributed by atoms with Gasteiger partial charge in [0.25, 0.3) is 11.8 Å². The third kappa shape index (κ3) is 3.99. The lowest BCUT2D eigenvalue weighted by Crippen LogP contribution is -2.37. The minimum atomic E-state index is -0.160. The quantitative estimate of drug-likeness (QED) is 0.906. The Morgan fingerprint density at radius 2 is 1.78 bits per heavy atom. The second-order valence-corrected chi connectivity index (χ2v) is 6.81.